The van der Waals surface area contributed by atoms with Gasteiger partial charge in [-0.2, -0.15) is 11.8 Å². The molecule has 8 heteroatoms. The van der Waals surface area contributed by atoms with Crippen LogP contribution in [0.1, 0.15) is 30.0 Å². The summed E-state index contributed by atoms with van der Waals surface area (Å²) in [7, 11) is 0. The highest BCUT2D eigenvalue weighted by atomic mass is 32.2. The molecule has 116 valence electrons. The molecule has 2 N–H and O–H groups in total. The lowest BCUT2D eigenvalue weighted by Crippen LogP contribution is -2.54. The quantitative estimate of drug-likeness (QED) is 0.879. The van der Waals surface area contributed by atoms with Crippen LogP contribution in [0, 0.1) is 13.8 Å². The number of carbonyl (C=O) groups excluding carboxylic acids is 1. The third-order valence-corrected chi connectivity index (χ3v) is 4.56. The summed E-state index contributed by atoms with van der Waals surface area (Å²) in [6.07, 6.45) is 0. The van der Waals surface area contributed by atoms with Crippen molar-refractivity contribution in [1.82, 2.24) is 15.4 Å². The van der Waals surface area contributed by atoms with Crippen molar-refractivity contribution in [2.75, 3.05) is 18.1 Å². The number of carbonyl (C=O) groups is 2. The maximum Gasteiger partial charge on any atom is 0.327 e. The topological polar surface area (TPSA) is 95.7 Å². The summed E-state index contributed by atoms with van der Waals surface area (Å²) in [4.78, 5) is 24.9. The van der Waals surface area contributed by atoms with Gasteiger partial charge in [-0.1, -0.05) is 5.16 Å². The van der Waals surface area contributed by atoms with Gasteiger partial charge in [0, 0.05) is 23.6 Å². The fraction of sp³-hybridized carbons (Fsp3) is 0.615. The molecule has 1 aromatic heterocycles. The fourth-order valence-electron chi connectivity index (χ4n) is 2.50. The molecule has 7 nitrogen and oxygen atoms in total. The highest BCUT2D eigenvalue weighted by Crippen LogP contribution is 2.22. The standard InChI is InChI=1S/C13H19N3O4S/c1-7(11-8(2)15-20-9(11)3)14-13(19)16-4-5-21-6-10(16)12(17)18/h7,10H,4-6H2,1-3H3,(H,14,19)(H,17,18). The fourth-order valence-corrected chi connectivity index (χ4v) is 3.54. The van der Waals surface area contributed by atoms with Crippen molar-refractivity contribution in [3.8, 4) is 0 Å². The van der Waals surface area contributed by atoms with Crippen molar-refractivity contribution in [1.29, 1.82) is 0 Å². The molecule has 0 radical (unpaired) electrons. The van der Waals surface area contributed by atoms with Crippen molar-refractivity contribution in [2.45, 2.75) is 32.9 Å². The van der Waals surface area contributed by atoms with Crippen LogP contribution in [0.15, 0.2) is 4.52 Å². The first-order valence-electron chi connectivity index (χ1n) is 6.72. The average molecular weight is 313 g/mol. The van der Waals surface area contributed by atoms with Crippen LogP contribution < -0.4 is 5.32 Å². The Hall–Kier alpha value is -1.70. The molecule has 2 heterocycles. The molecule has 0 aliphatic carbocycles. The molecule has 2 rings (SSSR count). The van der Waals surface area contributed by atoms with Crippen molar-refractivity contribution in [3.05, 3.63) is 17.0 Å². The first-order chi connectivity index (χ1) is 9.91. The molecule has 21 heavy (non-hydrogen) atoms. The van der Waals surface area contributed by atoms with Crippen LogP contribution in [0.25, 0.3) is 0 Å². The van der Waals surface area contributed by atoms with E-state index >= 15 is 0 Å². The minimum Gasteiger partial charge on any atom is -0.480 e. The monoisotopic (exact) mass is 313 g/mol. The van der Waals surface area contributed by atoms with E-state index < -0.39 is 12.0 Å². The Morgan fingerprint density at radius 3 is 2.81 bits per heavy atom. The van der Waals surface area contributed by atoms with Crippen molar-refractivity contribution >= 4 is 23.8 Å². The van der Waals surface area contributed by atoms with Crippen molar-refractivity contribution in [2.24, 2.45) is 0 Å². The van der Waals surface area contributed by atoms with Gasteiger partial charge in [0.25, 0.3) is 0 Å². The van der Waals surface area contributed by atoms with Crippen LogP contribution in [0.4, 0.5) is 4.79 Å². The lowest BCUT2D eigenvalue weighted by Gasteiger charge is -2.33. The van der Waals surface area contributed by atoms with E-state index in [1.165, 1.54) is 4.90 Å². The van der Waals surface area contributed by atoms with Crippen LogP contribution in [0.3, 0.4) is 0 Å². The molecule has 1 fully saturated rings. The molecule has 1 aliphatic rings. The second kappa shape index (κ2) is 6.38. The second-order valence-electron chi connectivity index (χ2n) is 5.03. The SMILES string of the molecule is Cc1noc(C)c1C(C)NC(=O)N1CCSCC1C(=O)O. The number of aliphatic carboxylic acids is 1. The third-order valence-electron chi connectivity index (χ3n) is 3.54. The lowest BCUT2D eigenvalue weighted by atomic mass is 10.1. The Morgan fingerprint density at radius 2 is 2.24 bits per heavy atom. The van der Waals surface area contributed by atoms with Crippen molar-refractivity contribution in [3.63, 3.8) is 0 Å². The van der Waals surface area contributed by atoms with Gasteiger partial charge in [0.2, 0.25) is 0 Å². The van der Waals surface area contributed by atoms with Crippen LogP contribution in [0.5, 0.6) is 0 Å². The predicted octanol–water partition coefficient (Wildman–Crippen LogP) is 1.56. The molecule has 0 aromatic carbocycles. The number of aryl methyl sites for hydroxylation is 2. The van der Waals surface area contributed by atoms with Gasteiger partial charge in [0.05, 0.1) is 11.7 Å². The number of carboxylic acid groups (broad SMARTS) is 1. The first kappa shape index (κ1) is 15.7. The largest absolute Gasteiger partial charge is 0.480 e. The van der Waals surface area contributed by atoms with E-state index in [0.717, 1.165) is 17.0 Å². The smallest absolute Gasteiger partial charge is 0.327 e. The van der Waals surface area contributed by atoms with E-state index in [-0.39, 0.29) is 12.1 Å². The van der Waals surface area contributed by atoms with E-state index in [1.807, 2.05) is 13.8 Å². The zero-order valence-corrected chi connectivity index (χ0v) is 13.1. The summed E-state index contributed by atoms with van der Waals surface area (Å²) in [6.45, 7) is 5.86. The Balaban J connectivity index is 2.08. The third kappa shape index (κ3) is 3.31. The van der Waals surface area contributed by atoms with Gasteiger partial charge in [-0.15, -0.1) is 0 Å². The van der Waals surface area contributed by atoms with Crippen LogP contribution in [0.2, 0.25) is 0 Å². The Bertz CT molecular complexity index is 526. The molecule has 2 unspecified atom stereocenters. The Kier molecular flexibility index (Phi) is 4.76. The number of hydrogen-bond acceptors (Lipinski definition) is 5. The highest BCUT2D eigenvalue weighted by molar-refractivity contribution is 7.99. The maximum absolute atomic E-state index is 12.3. The molecule has 0 saturated carbocycles. The minimum atomic E-state index is -0.970. The molecule has 1 aromatic rings. The molecule has 2 atom stereocenters. The van der Waals surface area contributed by atoms with Gasteiger partial charge in [0.1, 0.15) is 11.8 Å². The van der Waals surface area contributed by atoms with Gasteiger partial charge < -0.3 is 19.8 Å². The summed E-state index contributed by atoms with van der Waals surface area (Å²) in [5.74, 6) is 0.853. The van der Waals surface area contributed by atoms with Gasteiger partial charge in [-0.25, -0.2) is 9.59 Å². The van der Waals surface area contributed by atoms with E-state index in [9.17, 15) is 14.7 Å². The number of thioether (sulfide) groups is 1. The number of carboxylic acids is 1. The predicted molar refractivity (Wildman–Crippen MR) is 78.4 cm³/mol. The van der Waals surface area contributed by atoms with E-state index in [1.54, 1.807) is 18.7 Å². The summed E-state index contributed by atoms with van der Waals surface area (Å²) >= 11 is 1.55. The Morgan fingerprint density at radius 1 is 1.52 bits per heavy atom. The number of urea groups is 1. The first-order valence-corrected chi connectivity index (χ1v) is 7.87. The van der Waals surface area contributed by atoms with Gasteiger partial charge in [0.15, 0.2) is 0 Å². The summed E-state index contributed by atoms with van der Waals surface area (Å²) in [6, 6.07) is -1.43. The summed E-state index contributed by atoms with van der Waals surface area (Å²) in [5.41, 5.74) is 1.56. The van der Waals surface area contributed by atoms with E-state index in [4.69, 9.17) is 4.52 Å². The van der Waals surface area contributed by atoms with Gasteiger partial charge in [-0.3, -0.25) is 0 Å². The number of amides is 2. The van der Waals surface area contributed by atoms with Crippen LogP contribution in [-0.2, 0) is 4.79 Å². The molecule has 2 amide bonds. The highest BCUT2D eigenvalue weighted by Gasteiger charge is 2.33. The number of nitrogens with one attached hydrogen (secondary N) is 1. The molecule has 1 saturated heterocycles. The minimum absolute atomic E-state index is 0.284. The molecular formula is C13H19N3O4S. The van der Waals surface area contributed by atoms with Gasteiger partial charge >= 0.3 is 12.0 Å². The zero-order chi connectivity index (χ0) is 15.6. The summed E-state index contributed by atoms with van der Waals surface area (Å²) < 4.78 is 5.09. The lowest BCUT2D eigenvalue weighted by molar-refractivity contribution is -0.141. The average Bonchev–Trinajstić information content (AvgIpc) is 2.78. The normalized spacial score (nSPS) is 20.1. The molecule has 0 bridgehead atoms. The molecule has 0 spiro atoms. The van der Waals surface area contributed by atoms with Crippen LogP contribution >= 0.6 is 11.8 Å². The van der Waals surface area contributed by atoms with Crippen LogP contribution in [-0.4, -0.2) is 51.3 Å². The van der Waals surface area contributed by atoms with E-state index in [0.29, 0.717) is 18.1 Å². The summed E-state index contributed by atoms with van der Waals surface area (Å²) in [5, 5.41) is 15.9. The molecular weight excluding hydrogens is 294 g/mol. The number of aromatic nitrogens is 1. The van der Waals surface area contributed by atoms with E-state index in [2.05, 4.69) is 10.5 Å². The maximum atomic E-state index is 12.3. The Labute approximate surface area is 127 Å². The second-order valence-corrected chi connectivity index (χ2v) is 6.18. The van der Waals surface area contributed by atoms with Gasteiger partial charge in [-0.05, 0) is 20.8 Å². The number of rotatable bonds is 3. The number of hydrogen-bond donors (Lipinski definition) is 2. The zero-order valence-electron chi connectivity index (χ0n) is 12.3. The van der Waals surface area contributed by atoms with Crippen molar-refractivity contribution < 1.29 is 19.2 Å². The number of nitrogens with zero attached hydrogens (tertiary/aromatic N) is 2. The molecule has 1 aliphatic heterocycles.